The summed E-state index contributed by atoms with van der Waals surface area (Å²) in [5.41, 5.74) is 0.610. The smallest absolute Gasteiger partial charge is 0.261 e. The molecular formula is C17H17ClN2O5S2. The molecule has 1 fully saturated rings. The van der Waals surface area contributed by atoms with Crippen molar-refractivity contribution in [1.82, 2.24) is 5.32 Å². The monoisotopic (exact) mass is 428 g/mol. The van der Waals surface area contributed by atoms with Crippen LogP contribution in [0.2, 0.25) is 5.02 Å². The van der Waals surface area contributed by atoms with Crippen LogP contribution in [0.15, 0.2) is 53.4 Å². The number of sulfonamides is 1. The van der Waals surface area contributed by atoms with Gasteiger partial charge >= 0.3 is 0 Å². The van der Waals surface area contributed by atoms with Crippen LogP contribution in [0.1, 0.15) is 16.8 Å². The van der Waals surface area contributed by atoms with Crippen molar-refractivity contribution < 1.29 is 21.6 Å². The van der Waals surface area contributed by atoms with Crippen LogP contribution in [-0.2, 0) is 19.9 Å². The molecule has 0 aliphatic carbocycles. The van der Waals surface area contributed by atoms with Crippen LogP contribution in [0.5, 0.6) is 0 Å². The molecule has 0 unspecified atom stereocenters. The van der Waals surface area contributed by atoms with Crippen LogP contribution in [0.4, 0.5) is 5.69 Å². The summed E-state index contributed by atoms with van der Waals surface area (Å²) in [4.78, 5) is 12.3. The third-order valence-electron chi connectivity index (χ3n) is 4.09. The van der Waals surface area contributed by atoms with Gasteiger partial charge in [-0.25, -0.2) is 16.8 Å². The normalized spacial score (nSPS) is 18.8. The zero-order valence-electron chi connectivity index (χ0n) is 14.1. The van der Waals surface area contributed by atoms with E-state index >= 15 is 0 Å². The molecule has 3 rings (SSSR count). The number of sulfone groups is 1. The van der Waals surface area contributed by atoms with Gasteiger partial charge in [0, 0.05) is 22.3 Å². The van der Waals surface area contributed by atoms with Gasteiger partial charge in [-0.05, 0) is 55.0 Å². The second-order valence-electron chi connectivity index (χ2n) is 6.21. The van der Waals surface area contributed by atoms with E-state index in [0.717, 1.165) is 0 Å². The molecule has 10 heteroatoms. The average Bonchev–Trinajstić information content (AvgIpc) is 2.94. The van der Waals surface area contributed by atoms with Crippen molar-refractivity contribution in [1.29, 1.82) is 0 Å². The fourth-order valence-electron chi connectivity index (χ4n) is 2.70. The molecule has 0 aromatic heterocycles. The first-order valence-corrected chi connectivity index (χ1v) is 11.7. The van der Waals surface area contributed by atoms with E-state index in [9.17, 15) is 21.6 Å². The quantitative estimate of drug-likeness (QED) is 0.757. The number of benzene rings is 2. The molecule has 1 aliphatic heterocycles. The van der Waals surface area contributed by atoms with Crippen LogP contribution >= 0.6 is 11.6 Å². The number of halogens is 1. The first-order chi connectivity index (χ1) is 12.6. The summed E-state index contributed by atoms with van der Waals surface area (Å²) in [5.74, 6) is -0.384. The van der Waals surface area contributed by atoms with Crippen LogP contribution in [0, 0.1) is 0 Å². The number of anilines is 1. The molecule has 2 aromatic rings. The number of nitrogens with one attached hydrogen (secondary N) is 2. The average molecular weight is 429 g/mol. The zero-order chi connectivity index (χ0) is 19.7. The molecule has 1 amide bonds. The Morgan fingerprint density at radius 2 is 1.67 bits per heavy atom. The fraction of sp³-hybridized carbons (Fsp3) is 0.235. The Hall–Kier alpha value is -2.10. The molecule has 0 bridgehead atoms. The van der Waals surface area contributed by atoms with E-state index in [2.05, 4.69) is 10.0 Å². The van der Waals surface area contributed by atoms with E-state index in [1.807, 2.05) is 0 Å². The molecule has 2 N–H and O–H groups in total. The van der Waals surface area contributed by atoms with Gasteiger partial charge in [0.05, 0.1) is 16.4 Å². The summed E-state index contributed by atoms with van der Waals surface area (Å²) < 4.78 is 50.0. The minimum absolute atomic E-state index is 0.0578. The Morgan fingerprint density at radius 3 is 2.22 bits per heavy atom. The van der Waals surface area contributed by atoms with Crippen LogP contribution in [0.25, 0.3) is 0 Å². The summed E-state index contributed by atoms with van der Waals surface area (Å²) in [6, 6.07) is 11.2. The van der Waals surface area contributed by atoms with Gasteiger partial charge < -0.3 is 5.32 Å². The predicted octanol–water partition coefficient (Wildman–Crippen LogP) is 2.06. The van der Waals surface area contributed by atoms with Gasteiger partial charge in [0.15, 0.2) is 9.84 Å². The summed E-state index contributed by atoms with van der Waals surface area (Å²) in [6.07, 6.45) is 0.396. The lowest BCUT2D eigenvalue weighted by Gasteiger charge is -2.12. The Kier molecular flexibility index (Phi) is 5.45. The maximum Gasteiger partial charge on any atom is 0.261 e. The van der Waals surface area contributed by atoms with Crippen molar-refractivity contribution in [2.75, 3.05) is 16.2 Å². The minimum Gasteiger partial charge on any atom is -0.348 e. The summed E-state index contributed by atoms with van der Waals surface area (Å²) >= 11 is 5.76. The Morgan fingerprint density at radius 1 is 1.04 bits per heavy atom. The first-order valence-electron chi connectivity index (χ1n) is 8.04. The molecule has 0 spiro atoms. The van der Waals surface area contributed by atoms with E-state index in [1.165, 1.54) is 48.5 Å². The molecule has 144 valence electrons. The molecule has 2 aromatic carbocycles. The number of amides is 1. The third kappa shape index (κ3) is 5.00. The highest BCUT2D eigenvalue weighted by molar-refractivity contribution is 7.92. The third-order valence-corrected chi connectivity index (χ3v) is 7.51. The summed E-state index contributed by atoms with van der Waals surface area (Å²) in [7, 11) is -6.85. The van der Waals surface area contributed by atoms with Gasteiger partial charge in [-0.15, -0.1) is 0 Å². The molecule has 1 saturated heterocycles. The molecule has 1 atom stereocenters. The Balaban J connectivity index is 1.66. The zero-order valence-corrected chi connectivity index (χ0v) is 16.4. The number of hydrogen-bond donors (Lipinski definition) is 2. The topological polar surface area (TPSA) is 109 Å². The molecular weight excluding hydrogens is 412 g/mol. The van der Waals surface area contributed by atoms with E-state index in [4.69, 9.17) is 11.6 Å². The summed E-state index contributed by atoms with van der Waals surface area (Å²) in [6.45, 7) is 0. The first kappa shape index (κ1) is 19.7. The second-order valence-corrected chi connectivity index (χ2v) is 10.6. The number of carbonyl (C=O) groups is 1. The standard InChI is InChI=1S/C17H17ClN2O5S2/c18-13-3-7-16(8-4-13)27(24,25)20-14-5-1-12(2-6-14)17(21)19-15-9-10-26(22,23)11-15/h1-8,15,20H,9-11H2,(H,19,21)/t15-/m0/s1. The van der Waals surface area contributed by atoms with Crippen molar-refractivity contribution in [3.8, 4) is 0 Å². The van der Waals surface area contributed by atoms with Gasteiger partial charge in [0.2, 0.25) is 0 Å². The number of carbonyl (C=O) groups excluding carboxylic acids is 1. The maximum atomic E-state index is 12.3. The van der Waals surface area contributed by atoms with Crippen LogP contribution in [0.3, 0.4) is 0 Å². The lowest BCUT2D eigenvalue weighted by molar-refractivity contribution is 0.0941. The summed E-state index contributed by atoms with van der Waals surface area (Å²) in [5, 5.41) is 3.11. The van der Waals surface area contributed by atoms with Crippen molar-refractivity contribution in [3.05, 3.63) is 59.1 Å². The minimum atomic E-state index is -3.77. The highest BCUT2D eigenvalue weighted by atomic mass is 35.5. The second kappa shape index (κ2) is 7.49. The van der Waals surface area contributed by atoms with E-state index in [-0.39, 0.29) is 16.4 Å². The van der Waals surface area contributed by atoms with Crippen molar-refractivity contribution >= 4 is 43.1 Å². The predicted molar refractivity (Wildman–Crippen MR) is 103 cm³/mol. The lowest BCUT2D eigenvalue weighted by Crippen LogP contribution is -2.35. The fourth-order valence-corrected chi connectivity index (χ4v) is 5.55. The Bertz CT molecular complexity index is 1050. The molecule has 0 saturated carbocycles. The molecule has 1 aliphatic rings. The van der Waals surface area contributed by atoms with Crippen molar-refractivity contribution in [3.63, 3.8) is 0 Å². The number of rotatable bonds is 5. The largest absolute Gasteiger partial charge is 0.348 e. The number of hydrogen-bond acceptors (Lipinski definition) is 5. The van der Waals surface area contributed by atoms with E-state index in [0.29, 0.717) is 22.7 Å². The van der Waals surface area contributed by atoms with Gasteiger partial charge in [-0.1, -0.05) is 11.6 Å². The molecule has 1 heterocycles. The van der Waals surface area contributed by atoms with Gasteiger partial charge in [0.25, 0.3) is 15.9 Å². The van der Waals surface area contributed by atoms with Gasteiger partial charge in [-0.2, -0.15) is 0 Å². The molecule has 0 radical (unpaired) electrons. The van der Waals surface area contributed by atoms with E-state index in [1.54, 1.807) is 0 Å². The molecule has 7 nitrogen and oxygen atoms in total. The van der Waals surface area contributed by atoms with Gasteiger partial charge in [0.1, 0.15) is 0 Å². The highest BCUT2D eigenvalue weighted by Gasteiger charge is 2.29. The lowest BCUT2D eigenvalue weighted by atomic mass is 10.1. The van der Waals surface area contributed by atoms with Crippen molar-refractivity contribution in [2.24, 2.45) is 0 Å². The highest BCUT2D eigenvalue weighted by Crippen LogP contribution is 2.19. The maximum absolute atomic E-state index is 12.3. The van der Waals surface area contributed by atoms with Crippen LogP contribution < -0.4 is 10.0 Å². The van der Waals surface area contributed by atoms with E-state index < -0.39 is 31.8 Å². The SMILES string of the molecule is O=C(N[C@H]1CCS(=O)(=O)C1)c1ccc(NS(=O)(=O)c2ccc(Cl)cc2)cc1. The molecule has 27 heavy (non-hydrogen) atoms. The van der Waals surface area contributed by atoms with Crippen molar-refractivity contribution in [2.45, 2.75) is 17.4 Å². The van der Waals surface area contributed by atoms with Gasteiger partial charge in [-0.3, -0.25) is 9.52 Å². The Labute approximate surface area is 162 Å². The van der Waals surface area contributed by atoms with Crippen LogP contribution in [-0.4, -0.2) is 40.3 Å².